The molecule has 0 aliphatic carbocycles. The Morgan fingerprint density at radius 2 is 1.73 bits per heavy atom. The summed E-state index contributed by atoms with van der Waals surface area (Å²) in [5.74, 6) is -4.66. The van der Waals surface area contributed by atoms with E-state index in [4.69, 9.17) is 15.2 Å². The molecule has 0 atom stereocenters. The predicted octanol–water partition coefficient (Wildman–Crippen LogP) is 1.14. The van der Waals surface area contributed by atoms with Gasteiger partial charge in [-0.15, -0.1) is 12.4 Å². The van der Waals surface area contributed by atoms with Gasteiger partial charge in [-0.05, 0) is 0 Å². The third-order valence-corrected chi connectivity index (χ3v) is 3.96. The maximum Gasteiger partial charge on any atom is 0.273 e. The molecule has 1 aromatic rings. The molecule has 0 saturated carbocycles. The second kappa shape index (κ2) is 7.86. The number of rotatable bonds is 7. The molecule has 0 unspecified atom stereocenters. The quantitative estimate of drug-likeness (QED) is 0.757. The molecule has 22 heavy (non-hydrogen) atoms. The predicted molar refractivity (Wildman–Crippen MR) is 75.9 cm³/mol. The highest BCUT2D eigenvalue weighted by Gasteiger charge is 2.31. The zero-order chi connectivity index (χ0) is 16.3. The maximum atomic E-state index is 13.8. The zero-order valence-electron chi connectivity index (χ0n) is 11.7. The Balaban J connectivity index is 0.00000441. The molecule has 0 spiro atoms. The molecule has 0 bridgehead atoms. The number of benzene rings is 1. The molecule has 1 rings (SSSR count). The SMILES string of the molecule is COc1cc(F)c(S(=O)(=O)NCC(F)(F)CN)cc1OC.Cl. The first kappa shape index (κ1) is 20.8. The Hall–Kier alpha value is -1.23. The van der Waals surface area contributed by atoms with Crippen molar-refractivity contribution < 1.29 is 31.1 Å². The number of alkyl halides is 2. The van der Waals surface area contributed by atoms with Gasteiger partial charge in [-0.1, -0.05) is 0 Å². The number of hydrogen-bond donors (Lipinski definition) is 2. The highest BCUT2D eigenvalue weighted by molar-refractivity contribution is 7.89. The first-order chi connectivity index (χ1) is 9.66. The van der Waals surface area contributed by atoms with Gasteiger partial charge in [0.25, 0.3) is 5.92 Å². The van der Waals surface area contributed by atoms with Crippen molar-refractivity contribution in [2.75, 3.05) is 27.3 Å². The van der Waals surface area contributed by atoms with Crippen LogP contribution < -0.4 is 19.9 Å². The lowest BCUT2D eigenvalue weighted by molar-refractivity contribution is 0.0170. The van der Waals surface area contributed by atoms with Gasteiger partial charge >= 0.3 is 0 Å². The summed E-state index contributed by atoms with van der Waals surface area (Å²) in [5, 5.41) is 0. The van der Waals surface area contributed by atoms with Crippen LogP contribution in [0.2, 0.25) is 0 Å². The first-order valence-corrected chi connectivity index (χ1v) is 7.14. The van der Waals surface area contributed by atoms with Gasteiger partial charge in [-0.2, -0.15) is 0 Å². The van der Waals surface area contributed by atoms with Crippen LogP contribution in [0.25, 0.3) is 0 Å². The summed E-state index contributed by atoms with van der Waals surface area (Å²) < 4.78 is 74.7. The number of hydrogen-bond acceptors (Lipinski definition) is 5. The van der Waals surface area contributed by atoms with Crippen LogP contribution in [0, 0.1) is 5.82 Å². The molecular formula is C11H16ClF3N2O4S. The van der Waals surface area contributed by atoms with E-state index in [9.17, 15) is 21.6 Å². The lowest BCUT2D eigenvalue weighted by Crippen LogP contribution is -2.41. The Morgan fingerprint density at radius 3 is 2.18 bits per heavy atom. The van der Waals surface area contributed by atoms with E-state index in [0.717, 1.165) is 12.1 Å². The Labute approximate surface area is 132 Å². The largest absolute Gasteiger partial charge is 0.493 e. The van der Waals surface area contributed by atoms with Gasteiger partial charge in [-0.3, -0.25) is 0 Å². The lowest BCUT2D eigenvalue weighted by atomic mass is 10.3. The van der Waals surface area contributed by atoms with Crippen molar-refractivity contribution >= 4 is 22.4 Å². The van der Waals surface area contributed by atoms with Crippen molar-refractivity contribution in [1.82, 2.24) is 4.72 Å². The van der Waals surface area contributed by atoms with Crippen LogP contribution in [-0.2, 0) is 10.0 Å². The van der Waals surface area contributed by atoms with Crippen LogP contribution >= 0.6 is 12.4 Å². The lowest BCUT2D eigenvalue weighted by Gasteiger charge is -2.16. The minimum atomic E-state index is -4.49. The van der Waals surface area contributed by atoms with Crippen molar-refractivity contribution in [3.8, 4) is 11.5 Å². The Bertz CT molecular complexity index is 614. The van der Waals surface area contributed by atoms with Crippen molar-refractivity contribution in [2.45, 2.75) is 10.8 Å². The summed E-state index contributed by atoms with van der Waals surface area (Å²) in [6, 6.07) is 1.63. The van der Waals surface area contributed by atoms with E-state index in [0.29, 0.717) is 0 Å². The fourth-order valence-corrected chi connectivity index (χ4v) is 2.53. The van der Waals surface area contributed by atoms with Crippen molar-refractivity contribution in [1.29, 1.82) is 0 Å². The minimum absolute atomic E-state index is 0. The van der Waals surface area contributed by atoms with Gasteiger partial charge in [0.2, 0.25) is 10.0 Å². The van der Waals surface area contributed by atoms with Gasteiger partial charge in [0.05, 0.1) is 27.3 Å². The van der Waals surface area contributed by atoms with Crippen LogP contribution in [0.1, 0.15) is 0 Å². The minimum Gasteiger partial charge on any atom is -0.493 e. The van der Waals surface area contributed by atoms with Gasteiger partial charge < -0.3 is 15.2 Å². The van der Waals surface area contributed by atoms with E-state index in [2.05, 4.69) is 0 Å². The third-order valence-electron chi connectivity index (χ3n) is 2.55. The van der Waals surface area contributed by atoms with E-state index >= 15 is 0 Å². The second-order valence-electron chi connectivity index (χ2n) is 4.02. The average molecular weight is 365 g/mol. The average Bonchev–Trinajstić information content (AvgIpc) is 2.44. The fraction of sp³-hybridized carbons (Fsp3) is 0.455. The van der Waals surface area contributed by atoms with E-state index in [1.54, 1.807) is 4.72 Å². The van der Waals surface area contributed by atoms with Crippen LogP contribution in [0.15, 0.2) is 17.0 Å². The van der Waals surface area contributed by atoms with Crippen LogP contribution in [0.5, 0.6) is 11.5 Å². The normalized spacial score (nSPS) is 11.7. The number of methoxy groups -OCH3 is 2. The number of halogens is 4. The summed E-state index contributed by atoms with van der Waals surface area (Å²) in [6.07, 6.45) is 0. The topological polar surface area (TPSA) is 90.7 Å². The van der Waals surface area contributed by atoms with Gasteiger partial charge in [0.1, 0.15) is 10.7 Å². The molecule has 0 aliphatic rings. The summed E-state index contributed by atoms with van der Waals surface area (Å²) in [7, 11) is -2.02. The molecule has 0 heterocycles. The molecule has 11 heteroatoms. The van der Waals surface area contributed by atoms with Gasteiger partial charge in [-0.25, -0.2) is 26.3 Å². The smallest absolute Gasteiger partial charge is 0.273 e. The number of sulfonamides is 1. The Kier molecular flexibility index (Phi) is 7.42. The standard InChI is InChI=1S/C11H15F3N2O4S.ClH/c1-19-8-3-7(12)10(4-9(8)20-2)21(17,18)16-6-11(13,14)5-15;/h3-4,16H,5-6,15H2,1-2H3;1H. The molecule has 0 aromatic heterocycles. The number of ether oxygens (including phenoxy) is 2. The Morgan fingerprint density at radius 1 is 1.23 bits per heavy atom. The van der Waals surface area contributed by atoms with Crippen LogP contribution in [0.4, 0.5) is 13.2 Å². The fourth-order valence-electron chi connectivity index (χ4n) is 1.39. The van der Waals surface area contributed by atoms with E-state index in [-0.39, 0.29) is 23.9 Å². The van der Waals surface area contributed by atoms with E-state index in [1.807, 2.05) is 0 Å². The molecule has 6 nitrogen and oxygen atoms in total. The molecule has 0 saturated heterocycles. The molecule has 128 valence electrons. The van der Waals surface area contributed by atoms with Crippen LogP contribution in [0.3, 0.4) is 0 Å². The monoisotopic (exact) mass is 364 g/mol. The van der Waals surface area contributed by atoms with Crippen LogP contribution in [-0.4, -0.2) is 41.6 Å². The van der Waals surface area contributed by atoms with Crippen molar-refractivity contribution in [3.63, 3.8) is 0 Å². The molecule has 3 N–H and O–H groups in total. The highest BCUT2D eigenvalue weighted by Crippen LogP contribution is 2.31. The zero-order valence-corrected chi connectivity index (χ0v) is 13.4. The maximum absolute atomic E-state index is 13.8. The summed E-state index contributed by atoms with van der Waals surface area (Å²) in [6.45, 7) is -2.27. The molecule has 0 amide bonds. The molecular weight excluding hydrogens is 349 g/mol. The van der Waals surface area contributed by atoms with Crippen molar-refractivity contribution in [2.24, 2.45) is 5.73 Å². The highest BCUT2D eigenvalue weighted by atomic mass is 35.5. The summed E-state index contributed by atoms with van der Waals surface area (Å²) >= 11 is 0. The number of nitrogens with two attached hydrogens (primary N) is 1. The van der Waals surface area contributed by atoms with E-state index < -0.39 is 39.7 Å². The molecule has 0 fully saturated rings. The second-order valence-corrected chi connectivity index (χ2v) is 5.76. The molecule has 0 radical (unpaired) electrons. The van der Waals surface area contributed by atoms with Gasteiger partial charge in [0.15, 0.2) is 11.5 Å². The van der Waals surface area contributed by atoms with E-state index in [1.165, 1.54) is 14.2 Å². The summed E-state index contributed by atoms with van der Waals surface area (Å²) in [4.78, 5) is -0.826. The first-order valence-electron chi connectivity index (χ1n) is 5.66. The molecule has 0 aliphatic heterocycles. The summed E-state index contributed by atoms with van der Waals surface area (Å²) in [5.41, 5.74) is 4.79. The number of nitrogens with one attached hydrogen (secondary N) is 1. The van der Waals surface area contributed by atoms with Crippen molar-refractivity contribution in [3.05, 3.63) is 17.9 Å². The molecule has 1 aromatic carbocycles. The van der Waals surface area contributed by atoms with Gasteiger partial charge in [0, 0.05) is 12.1 Å². The third kappa shape index (κ3) is 4.90.